The van der Waals surface area contributed by atoms with Crippen LogP contribution in [0.15, 0.2) is 41.3 Å². The summed E-state index contributed by atoms with van der Waals surface area (Å²) in [5.74, 6) is -4.88. The zero-order chi connectivity index (χ0) is 41.3. The van der Waals surface area contributed by atoms with Crippen LogP contribution in [0.4, 0.5) is 48.3 Å². The number of pyridine rings is 1. The number of hydrogen-bond donors (Lipinski definition) is 2. The van der Waals surface area contributed by atoms with Crippen molar-refractivity contribution in [3.63, 3.8) is 0 Å². The van der Waals surface area contributed by atoms with Crippen LogP contribution < -0.4 is 10.9 Å². The minimum absolute atomic E-state index is 0.00938. The second kappa shape index (κ2) is 16.5. The Bertz CT molecular complexity index is 2000. The van der Waals surface area contributed by atoms with Gasteiger partial charge in [-0.1, -0.05) is 25.7 Å². The summed E-state index contributed by atoms with van der Waals surface area (Å²) in [5.41, 5.74) is -7.42. The SMILES string of the molecule is Cc1cc(C(F)(F)F)cc2c1-c1cc(c(F)c(C(F)(F)F)c1)[C@H](CC(=O)O)NC(=O)[C@@H](n1cc(CCN3CC(F)C3)c(C(F)(F)F)cc1=O)CCCCCCC2. The highest BCUT2D eigenvalue weighted by Crippen LogP contribution is 2.42. The Morgan fingerprint density at radius 1 is 0.857 bits per heavy atom. The summed E-state index contributed by atoms with van der Waals surface area (Å²) in [6.45, 7) is 1.20. The third-order valence-corrected chi connectivity index (χ3v) is 10.2. The van der Waals surface area contributed by atoms with Crippen LogP contribution in [0.2, 0.25) is 0 Å². The minimum Gasteiger partial charge on any atom is -0.481 e. The second-order valence-electron chi connectivity index (χ2n) is 14.3. The summed E-state index contributed by atoms with van der Waals surface area (Å²) < 4.78 is 157. The molecule has 2 aliphatic rings. The lowest BCUT2D eigenvalue weighted by molar-refractivity contribution is -0.140. The lowest BCUT2D eigenvalue weighted by Crippen LogP contribution is -2.49. The topological polar surface area (TPSA) is 91.6 Å². The van der Waals surface area contributed by atoms with Gasteiger partial charge in [-0.15, -0.1) is 0 Å². The maximum Gasteiger partial charge on any atom is 0.419 e. The van der Waals surface area contributed by atoms with Gasteiger partial charge in [0.2, 0.25) is 5.91 Å². The summed E-state index contributed by atoms with van der Waals surface area (Å²) in [5, 5.41) is 12.0. The molecule has 1 fully saturated rings. The van der Waals surface area contributed by atoms with E-state index in [9.17, 15) is 63.4 Å². The Morgan fingerprint density at radius 3 is 2.11 bits per heavy atom. The van der Waals surface area contributed by atoms with E-state index < -0.39 is 99.8 Å². The Morgan fingerprint density at radius 2 is 1.50 bits per heavy atom. The Kier molecular flexibility index (Phi) is 12.6. The van der Waals surface area contributed by atoms with Crippen molar-refractivity contribution in [1.29, 1.82) is 0 Å². The third-order valence-electron chi connectivity index (χ3n) is 10.2. The number of rotatable bonds is 6. The molecule has 18 heteroatoms. The summed E-state index contributed by atoms with van der Waals surface area (Å²) in [7, 11) is 0. The molecule has 2 bridgehead atoms. The predicted molar refractivity (Wildman–Crippen MR) is 181 cm³/mol. The molecule has 1 aromatic heterocycles. The summed E-state index contributed by atoms with van der Waals surface area (Å²) >= 11 is 0. The number of aryl methyl sites for hydroxylation is 2. The lowest BCUT2D eigenvalue weighted by Gasteiger charge is -2.34. The van der Waals surface area contributed by atoms with Crippen molar-refractivity contribution < 1.29 is 63.0 Å². The Labute approximate surface area is 313 Å². The first-order chi connectivity index (χ1) is 26.0. The quantitative estimate of drug-likeness (QED) is 0.243. The van der Waals surface area contributed by atoms with Crippen LogP contribution in [-0.2, 0) is 41.0 Å². The van der Waals surface area contributed by atoms with Crippen LogP contribution in [0.3, 0.4) is 0 Å². The summed E-state index contributed by atoms with van der Waals surface area (Å²) in [6.07, 6.45) is -15.6. The molecule has 1 amide bonds. The maximum atomic E-state index is 16.0. The number of nitrogens with one attached hydrogen (secondary N) is 1. The van der Waals surface area contributed by atoms with E-state index in [2.05, 4.69) is 5.32 Å². The Balaban J connectivity index is 1.67. The number of carboxylic acid groups (broad SMARTS) is 1. The molecular formula is C38H38F11N3O4. The Hall–Kier alpha value is -4.48. The number of fused-ring (bicyclic) bond motifs is 4. The van der Waals surface area contributed by atoms with E-state index in [-0.39, 0.29) is 68.4 Å². The summed E-state index contributed by atoms with van der Waals surface area (Å²) in [6, 6.07) is -0.623. The van der Waals surface area contributed by atoms with Gasteiger partial charge in [0.25, 0.3) is 5.56 Å². The van der Waals surface area contributed by atoms with Gasteiger partial charge in [0.1, 0.15) is 18.0 Å². The number of carbonyl (C=O) groups is 2. The smallest absolute Gasteiger partial charge is 0.419 e. The standard InChI is InChI=1S/C38H38F11N3O4/c1-20-11-24(36(41,42)43)12-21-7-5-3-2-4-6-8-30(52-17-22(9-10-51-18-25(39)19-51)27(15-31(52)53)37(44,45)46)35(56)50-29(16-32(54)55)26-13-23(33(20)21)14-28(34(26)40)38(47,48)49/h11-15,17,25,29-30H,2-10,16,18-19H2,1H3,(H,50,56)(H,54,55)/t29-,30-/m0/s1. The monoisotopic (exact) mass is 809 g/mol. The van der Waals surface area contributed by atoms with Crippen LogP contribution in [0.25, 0.3) is 11.1 Å². The predicted octanol–water partition coefficient (Wildman–Crippen LogP) is 8.99. The molecule has 56 heavy (non-hydrogen) atoms. The molecule has 306 valence electrons. The maximum absolute atomic E-state index is 16.0. The number of benzene rings is 2. The largest absolute Gasteiger partial charge is 0.481 e. The number of aliphatic carboxylic acids is 1. The number of aromatic nitrogens is 1. The molecule has 0 saturated carbocycles. The fourth-order valence-electron chi connectivity index (χ4n) is 7.41. The van der Waals surface area contributed by atoms with Gasteiger partial charge in [0.15, 0.2) is 0 Å². The van der Waals surface area contributed by atoms with E-state index in [1.165, 1.54) is 6.92 Å². The molecule has 5 rings (SSSR count). The first-order valence-corrected chi connectivity index (χ1v) is 17.9. The molecule has 0 unspecified atom stereocenters. The molecule has 7 nitrogen and oxygen atoms in total. The molecule has 1 saturated heterocycles. The van der Waals surface area contributed by atoms with Crippen molar-refractivity contribution in [2.75, 3.05) is 19.6 Å². The average Bonchev–Trinajstić information content (AvgIpc) is 3.05. The second-order valence-corrected chi connectivity index (χ2v) is 14.3. The number of alkyl halides is 10. The van der Waals surface area contributed by atoms with Crippen LogP contribution in [0.5, 0.6) is 0 Å². The molecule has 0 radical (unpaired) electrons. The van der Waals surface area contributed by atoms with Crippen LogP contribution in [0, 0.1) is 12.7 Å². The van der Waals surface area contributed by atoms with E-state index in [1.54, 1.807) is 4.90 Å². The van der Waals surface area contributed by atoms with E-state index in [0.717, 1.165) is 29.0 Å². The van der Waals surface area contributed by atoms with Crippen LogP contribution in [-0.4, -0.2) is 52.3 Å². The van der Waals surface area contributed by atoms with Gasteiger partial charge in [0.05, 0.1) is 29.2 Å². The lowest BCUT2D eigenvalue weighted by atomic mass is 9.86. The number of halogens is 11. The van der Waals surface area contributed by atoms with E-state index in [0.29, 0.717) is 31.4 Å². The number of carbonyl (C=O) groups excluding carboxylic acids is 1. The molecule has 0 aliphatic carbocycles. The zero-order valence-electron chi connectivity index (χ0n) is 29.9. The van der Waals surface area contributed by atoms with E-state index in [1.807, 2.05) is 0 Å². The average molecular weight is 810 g/mol. The van der Waals surface area contributed by atoms with Gasteiger partial charge in [-0.25, -0.2) is 8.78 Å². The molecule has 2 aliphatic heterocycles. The highest BCUT2D eigenvalue weighted by atomic mass is 19.4. The van der Waals surface area contributed by atoms with Crippen LogP contribution >= 0.6 is 0 Å². The number of nitrogens with zero attached hydrogens (tertiary/aromatic N) is 2. The van der Waals surface area contributed by atoms with E-state index in [4.69, 9.17) is 0 Å². The van der Waals surface area contributed by atoms with Gasteiger partial charge >= 0.3 is 24.5 Å². The molecule has 2 N–H and O–H groups in total. The fourth-order valence-corrected chi connectivity index (χ4v) is 7.41. The fraction of sp³-hybridized carbons (Fsp3) is 0.500. The molecule has 2 aromatic carbocycles. The molecule has 2 atom stereocenters. The zero-order valence-corrected chi connectivity index (χ0v) is 29.9. The van der Waals surface area contributed by atoms with Gasteiger partial charge in [-0.05, 0) is 84.7 Å². The van der Waals surface area contributed by atoms with Gasteiger partial charge in [-0.3, -0.25) is 19.3 Å². The van der Waals surface area contributed by atoms with Crippen molar-refractivity contribution in [3.05, 3.63) is 91.6 Å². The summed E-state index contributed by atoms with van der Waals surface area (Å²) in [4.78, 5) is 41.0. The van der Waals surface area contributed by atoms with Crippen molar-refractivity contribution in [3.8, 4) is 11.1 Å². The first-order valence-electron chi connectivity index (χ1n) is 17.9. The van der Waals surface area contributed by atoms with Crippen molar-refractivity contribution in [1.82, 2.24) is 14.8 Å². The number of carboxylic acids is 1. The van der Waals surface area contributed by atoms with Crippen molar-refractivity contribution in [2.45, 2.75) is 101 Å². The van der Waals surface area contributed by atoms with Gasteiger partial charge in [0, 0.05) is 37.5 Å². The van der Waals surface area contributed by atoms with Gasteiger partial charge in [-0.2, -0.15) is 39.5 Å². The number of likely N-dealkylation sites (tertiary alicyclic amines) is 1. The normalized spacial score (nSPS) is 19.6. The highest BCUT2D eigenvalue weighted by Gasteiger charge is 2.40. The first kappa shape index (κ1) is 42.7. The number of amides is 1. The van der Waals surface area contributed by atoms with Crippen LogP contribution in [0.1, 0.15) is 96.0 Å². The van der Waals surface area contributed by atoms with Crippen molar-refractivity contribution >= 4 is 11.9 Å². The minimum atomic E-state index is -5.40. The third kappa shape index (κ3) is 9.90. The van der Waals surface area contributed by atoms with Gasteiger partial charge < -0.3 is 15.0 Å². The molecule has 3 aromatic rings. The van der Waals surface area contributed by atoms with Crippen molar-refractivity contribution in [2.24, 2.45) is 0 Å². The number of hydrogen-bond acceptors (Lipinski definition) is 4. The highest BCUT2D eigenvalue weighted by molar-refractivity contribution is 5.82. The molecule has 3 heterocycles. The molecule has 0 spiro atoms. The molecular weight excluding hydrogens is 771 g/mol. The van der Waals surface area contributed by atoms with E-state index >= 15 is 4.39 Å².